The standard InChI is InChI=1S/C19H21F3N4O2/c20-19(21,22)17-8-14-7-15(4-5-16(14)26-17)25-18(28)24-10-13-3-1-2-12(6-13)9-23-11-27/h4-5,7-8,12-13,26H,1-3,6,9-10H2,(H2,24,25,28). The van der Waals surface area contributed by atoms with E-state index in [1.807, 2.05) is 0 Å². The molecule has 2 unspecified atom stereocenters. The highest BCUT2D eigenvalue weighted by atomic mass is 19.4. The zero-order chi connectivity index (χ0) is 20.1. The van der Waals surface area contributed by atoms with Crippen molar-refractivity contribution in [2.45, 2.75) is 31.9 Å². The van der Waals surface area contributed by atoms with Crippen LogP contribution in [0.4, 0.5) is 23.7 Å². The van der Waals surface area contributed by atoms with Gasteiger partial charge in [-0.2, -0.15) is 13.2 Å². The molecule has 2 atom stereocenters. The van der Waals surface area contributed by atoms with Crippen molar-refractivity contribution in [3.8, 4) is 0 Å². The summed E-state index contributed by atoms with van der Waals surface area (Å²) in [5.74, 6) is 0.650. The number of hydrogen-bond acceptors (Lipinski definition) is 3. The lowest BCUT2D eigenvalue weighted by Crippen LogP contribution is -2.35. The average Bonchev–Trinajstić information content (AvgIpc) is 3.09. The molecule has 9 heteroatoms. The van der Waals surface area contributed by atoms with Gasteiger partial charge in [0.05, 0.1) is 6.54 Å². The first-order valence-corrected chi connectivity index (χ1v) is 9.13. The Morgan fingerprint density at radius 1 is 1.25 bits per heavy atom. The highest BCUT2D eigenvalue weighted by Crippen LogP contribution is 2.32. The Bertz CT molecular complexity index is 887. The quantitative estimate of drug-likeness (QED) is 0.517. The number of aliphatic imine (C=N–C) groups is 1. The molecule has 2 amide bonds. The lowest BCUT2D eigenvalue weighted by atomic mass is 9.81. The fourth-order valence-electron chi connectivity index (χ4n) is 3.70. The van der Waals surface area contributed by atoms with Gasteiger partial charge in [0, 0.05) is 23.1 Å². The minimum Gasteiger partial charge on any atom is -0.351 e. The van der Waals surface area contributed by atoms with Crippen molar-refractivity contribution in [1.29, 1.82) is 0 Å². The summed E-state index contributed by atoms with van der Waals surface area (Å²) in [7, 11) is 0. The molecule has 150 valence electrons. The second-order valence-corrected chi connectivity index (χ2v) is 7.15. The van der Waals surface area contributed by atoms with Gasteiger partial charge in [-0.3, -0.25) is 0 Å². The Labute approximate surface area is 159 Å². The van der Waals surface area contributed by atoms with Crippen molar-refractivity contribution in [3.05, 3.63) is 30.0 Å². The summed E-state index contributed by atoms with van der Waals surface area (Å²) in [6.45, 7) is 0.973. The molecular weight excluding hydrogens is 373 g/mol. The molecule has 0 saturated heterocycles. The minimum atomic E-state index is -4.45. The number of urea groups is 1. The van der Waals surface area contributed by atoms with Gasteiger partial charge in [-0.15, -0.1) is 0 Å². The summed E-state index contributed by atoms with van der Waals surface area (Å²) in [5, 5.41) is 5.83. The molecule has 0 spiro atoms. The maximum Gasteiger partial charge on any atom is 0.431 e. The van der Waals surface area contributed by atoms with Crippen LogP contribution in [0.5, 0.6) is 0 Å². The van der Waals surface area contributed by atoms with Gasteiger partial charge in [0.15, 0.2) is 0 Å². The maximum atomic E-state index is 12.8. The number of benzene rings is 1. The van der Waals surface area contributed by atoms with Crippen molar-refractivity contribution in [2.75, 3.05) is 18.4 Å². The van der Waals surface area contributed by atoms with Crippen LogP contribution in [0.25, 0.3) is 10.9 Å². The molecule has 1 heterocycles. The summed E-state index contributed by atoms with van der Waals surface area (Å²) in [6, 6.07) is 5.16. The Balaban J connectivity index is 1.53. The van der Waals surface area contributed by atoms with Gasteiger partial charge in [-0.05, 0) is 55.4 Å². The van der Waals surface area contributed by atoms with Crippen LogP contribution in [0.1, 0.15) is 31.4 Å². The van der Waals surface area contributed by atoms with E-state index in [-0.39, 0.29) is 0 Å². The van der Waals surface area contributed by atoms with Crippen LogP contribution < -0.4 is 10.6 Å². The molecule has 0 bridgehead atoms. The van der Waals surface area contributed by atoms with Crippen molar-refractivity contribution in [2.24, 2.45) is 16.8 Å². The molecule has 3 rings (SSSR count). The third kappa shape index (κ3) is 5.13. The number of amides is 2. The van der Waals surface area contributed by atoms with E-state index >= 15 is 0 Å². The molecule has 1 saturated carbocycles. The Morgan fingerprint density at radius 3 is 2.79 bits per heavy atom. The monoisotopic (exact) mass is 394 g/mol. The lowest BCUT2D eigenvalue weighted by Gasteiger charge is -2.28. The van der Waals surface area contributed by atoms with Crippen molar-refractivity contribution in [1.82, 2.24) is 10.3 Å². The summed E-state index contributed by atoms with van der Waals surface area (Å²) in [6.07, 6.45) is 1.05. The predicted molar refractivity (Wildman–Crippen MR) is 98.8 cm³/mol. The smallest absolute Gasteiger partial charge is 0.351 e. The summed E-state index contributed by atoms with van der Waals surface area (Å²) in [5.41, 5.74) is -0.0565. The van der Waals surface area contributed by atoms with Gasteiger partial charge in [0.25, 0.3) is 0 Å². The third-order valence-corrected chi connectivity index (χ3v) is 5.04. The van der Waals surface area contributed by atoms with E-state index in [0.717, 1.165) is 31.7 Å². The van der Waals surface area contributed by atoms with Crippen molar-refractivity contribution in [3.63, 3.8) is 0 Å². The van der Waals surface area contributed by atoms with E-state index in [9.17, 15) is 22.8 Å². The van der Waals surface area contributed by atoms with Crippen molar-refractivity contribution >= 4 is 28.7 Å². The number of carbonyl (C=O) groups excluding carboxylic acids is 2. The number of aromatic amines is 1. The van der Waals surface area contributed by atoms with Gasteiger partial charge >= 0.3 is 12.2 Å². The number of aromatic nitrogens is 1. The van der Waals surface area contributed by atoms with Crippen LogP contribution in [-0.2, 0) is 11.0 Å². The number of nitrogens with zero attached hydrogens (tertiary/aromatic N) is 1. The highest BCUT2D eigenvalue weighted by molar-refractivity contribution is 5.93. The molecule has 0 radical (unpaired) electrons. The number of anilines is 1. The fourth-order valence-corrected chi connectivity index (χ4v) is 3.70. The molecular formula is C19H21F3N4O2. The molecule has 6 nitrogen and oxygen atoms in total. The van der Waals surface area contributed by atoms with Crippen molar-refractivity contribution < 1.29 is 22.8 Å². The topological polar surface area (TPSA) is 86.3 Å². The van der Waals surface area contributed by atoms with Crippen LogP contribution in [0.15, 0.2) is 29.3 Å². The van der Waals surface area contributed by atoms with Crippen LogP contribution in [0, 0.1) is 11.8 Å². The number of hydrogen-bond donors (Lipinski definition) is 3. The van der Waals surface area contributed by atoms with Gasteiger partial charge < -0.3 is 15.6 Å². The molecule has 2 aromatic rings. The van der Waals surface area contributed by atoms with Gasteiger partial charge in [0.2, 0.25) is 6.08 Å². The first kappa shape index (κ1) is 19.9. The normalized spacial score (nSPS) is 19.8. The van der Waals surface area contributed by atoms with E-state index in [2.05, 4.69) is 20.6 Å². The average molecular weight is 394 g/mol. The first-order valence-electron chi connectivity index (χ1n) is 9.13. The van der Waals surface area contributed by atoms with E-state index in [1.54, 1.807) is 12.1 Å². The molecule has 1 aromatic heterocycles. The summed E-state index contributed by atoms with van der Waals surface area (Å²) in [4.78, 5) is 28.3. The van der Waals surface area contributed by atoms with Crippen LogP contribution in [0.2, 0.25) is 0 Å². The number of fused-ring (bicyclic) bond motifs is 1. The number of halogens is 3. The van der Waals surface area contributed by atoms with Gasteiger partial charge in [-0.1, -0.05) is 6.42 Å². The summed E-state index contributed by atoms with van der Waals surface area (Å²) >= 11 is 0. The van der Waals surface area contributed by atoms with Crippen LogP contribution in [0.3, 0.4) is 0 Å². The number of rotatable bonds is 5. The first-order chi connectivity index (χ1) is 13.3. The number of alkyl halides is 3. The molecule has 1 aliphatic rings. The fraction of sp³-hybridized carbons (Fsp3) is 0.474. The number of H-pyrrole nitrogens is 1. The maximum absolute atomic E-state index is 12.8. The molecule has 3 N–H and O–H groups in total. The molecule has 1 aromatic carbocycles. The minimum absolute atomic E-state index is 0.313. The van der Waals surface area contributed by atoms with E-state index in [0.29, 0.717) is 41.5 Å². The molecule has 1 aliphatic carbocycles. The van der Waals surface area contributed by atoms with Gasteiger partial charge in [-0.25, -0.2) is 14.6 Å². The molecule has 0 aliphatic heterocycles. The largest absolute Gasteiger partial charge is 0.431 e. The SMILES string of the molecule is O=C=NCC1CCCC(CNC(=O)Nc2ccc3[nH]c(C(F)(F)F)cc3c2)C1. The summed E-state index contributed by atoms with van der Waals surface area (Å²) < 4.78 is 38.3. The Kier molecular flexibility index (Phi) is 6.04. The van der Waals surface area contributed by atoms with Crippen LogP contribution >= 0.6 is 0 Å². The Hall–Kier alpha value is -2.80. The van der Waals surface area contributed by atoms with E-state index in [4.69, 9.17) is 0 Å². The molecule has 28 heavy (non-hydrogen) atoms. The van der Waals surface area contributed by atoms with Crippen LogP contribution in [-0.4, -0.2) is 30.2 Å². The number of carbonyl (C=O) groups is 1. The zero-order valence-electron chi connectivity index (χ0n) is 15.1. The van der Waals surface area contributed by atoms with E-state index < -0.39 is 17.9 Å². The zero-order valence-corrected chi connectivity index (χ0v) is 15.1. The number of isocyanates is 1. The van der Waals surface area contributed by atoms with Gasteiger partial charge in [0.1, 0.15) is 5.69 Å². The molecule has 1 fully saturated rings. The lowest BCUT2D eigenvalue weighted by molar-refractivity contribution is -0.140. The second kappa shape index (κ2) is 8.48. The predicted octanol–water partition coefficient (Wildman–Crippen LogP) is 4.45. The third-order valence-electron chi connectivity index (χ3n) is 5.04. The Morgan fingerprint density at radius 2 is 2.04 bits per heavy atom. The second-order valence-electron chi connectivity index (χ2n) is 7.15. The van der Waals surface area contributed by atoms with E-state index in [1.165, 1.54) is 12.1 Å². The number of nitrogens with one attached hydrogen (secondary N) is 3. The highest BCUT2D eigenvalue weighted by Gasteiger charge is 2.32.